The normalized spacial score (nSPS) is 15.6. The SMILES string of the molecule is O=C(Nc1ccc(S(=O)(=O)N2CCCCC2)cc1F)c1cccc(Cl)c1. The number of sulfonamides is 1. The Labute approximate surface area is 156 Å². The number of anilines is 1. The van der Waals surface area contributed by atoms with Crippen LogP contribution in [-0.2, 0) is 10.0 Å². The van der Waals surface area contributed by atoms with Crippen molar-refractivity contribution in [2.24, 2.45) is 0 Å². The van der Waals surface area contributed by atoms with Crippen molar-refractivity contribution in [2.75, 3.05) is 18.4 Å². The highest BCUT2D eigenvalue weighted by Gasteiger charge is 2.26. The van der Waals surface area contributed by atoms with E-state index in [9.17, 15) is 17.6 Å². The Morgan fingerprint density at radius 3 is 2.46 bits per heavy atom. The van der Waals surface area contributed by atoms with Crippen LogP contribution in [0.25, 0.3) is 0 Å². The molecule has 138 valence electrons. The van der Waals surface area contributed by atoms with Crippen LogP contribution in [0, 0.1) is 5.82 Å². The monoisotopic (exact) mass is 396 g/mol. The molecule has 8 heteroatoms. The highest BCUT2D eigenvalue weighted by molar-refractivity contribution is 7.89. The van der Waals surface area contributed by atoms with Gasteiger partial charge in [0.1, 0.15) is 5.82 Å². The second kappa shape index (κ2) is 7.73. The van der Waals surface area contributed by atoms with Crippen LogP contribution in [0.1, 0.15) is 29.6 Å². The van der Waals surface area contributed by atoms with Crippen LogP contribution in [-0.4, -0.2) is 31.7 Å². The van der Waals surface area contributed by atoms with Gasteiger partial charge in [-0.25, -0.2) is 12.8 Å². The summed E-state index contributed by atoms with van der Waals surface area (Å²) in [7, 11) is -3.72. The highest BCUT2D eigenvalue weighted by Crippen LogP contribution is 2.24. The minimum atomic E-state index is -3.72. The van der Waals surface area contributed by atoms with Gasteiger partial charge in [-0.15, -0.1) is 0 Å². The average Bonchev–Trinajstić information content (AvgIpc) is 2.64. The predicted octanol–water partition coefficient (Wildman–Crippen LogP) is 3.91. The molecule has 2 aromatic carbocycles. The van der Waals surface area contributed by atoms with Gasteiger partial charge in [-0.2, -0.15) is 4.31 Å². The summed E-state index contributed by atoms with van der Waals surface area (Å²) in [5.74, 6) is -1.34. The summed E-state index contributed by atoms with van der Waals surface area (Å²) >= 11 is 5.84. The number of carbonyl (C=O) groups is 1. The van der Waals surface area contributed by atoms with Gasteiger partial charge in [0.25, 0.3) is 5.91 Å². The van der Waals surface area contributed by atoms with Crippen molar-refractivity contribution in [1.82, 2.24) is 4.31 Å². The first kappa shape index (κ1) is 18.8. The first-order chi connectivity index (χ1) is 12.4. The molecule has 0 bridgehead atoms. The standard InChI is InChI=1S/C18H18ClFN2O3S/c19-14-6-4-5-13(11-14)18(23)21-17-8-7-15(12-16(17)20)26(24,25)22-9-2-1-3-10-22/h4-8,11-12H,1-3,9-10H2,(H,21,23). The van der Waals surface area contributed by atoms with E-state index in [1.165, 1.54) is 22.5 Å². The van der Waals surface area contributed by atoms with Crippen molar-refractivity contribution in [3.63, 3.8) is 0 Å². The molecular weight excluding hydrogens is 379 g/mol. The molecule has 26 heavy (non-hydrogen) atoms. The zero-order valence-electron chi connectivity index (χ0n) is 13.9. The number of nitrogens with one attached hydrogen (secondary N) is 1. The maximum absolute atomic E-state index is 14.4. The molecule has 1 N–H and O–H groups in total. The summed E-state index contributed by atoms with van der Waals surface area (Å²) in [6, 6.07) is 9.76. The molecule has 0 spiro atoms. The molecule has 0 unspecified atom stereocenters. The molecule has 0 radical (unpaired) electrons. The van der Waals surface area contributed by atoms with Crippen LogP contribution in [0.4, 0.5) is 10.1 Å². The predicted molar refractivity (Wildman–Crippen MR) is 98.4 cm³/mol. The molecule has 1 heterocycles. The Bertz CT molecular complexity index is 928. The summed E-state index contributed by atoms with van der Waals surface area (Å²) in [6.07, 6.45) is 2.60. The van der Waals surface area contributed by atoms with Gasteiger partial charge < -0.3 is 5.32 Å². The van der Waals surface area contributed by atoms with Crippen molar-refractivity contribution in [2.45, 2.75) is 24.2 Å². The van der Waals surface area contributed by atoms with Gasteiger partial charge in [-0.3, -0.25) is 4.79 Å². The van der Waals surface area contributed by atoms with Crippen LogP contribution in [0.2, 0.25) is 5.02 Å². The molecule has 5 nitrogen and oxygen atoms in total. The molecule has 1 fully saturated rings. The van der Waals surface area contributed by atoms with E-state index in [0.29, 0.717) is 18.1 Å². The Morgan fingerprint density at radius 1 is 1.08 bits per heavy atom. The lowest BCUT2D eigenvalue weighted by atomic mass is 10.2. The van der Waals surface area contributed by atoms with Crippen molar-refractivity contribution in [1.29, 1.82) is 0 Å². The minimum absolute atomic E-state index is 0.0902. The molecule has 2 aromatic rings. The van der Waals surface area contributed by atoms with E-state index in [1.807, 2.05) is 0 Å². The molecule has 1 saturated heterocycles. The molecule has 3 rings (SSSR count). The van der Waals surface area contributed by atoms with E-state index >= 15 is 0 Å². The largest absolute Gasteiger partial charge is 0.319 e. The second-order valence-electron chi connectivity index (χ2n) is 6.07. The minimum Gasteiger partial charge on any atom is -0.319 e. The Morgan fingerprint density at radius 2 is 1.81 bits per heavy atom. The van der Waals surface area contributed by atoms with Crippen molar-refractivity contribution < 1.29 is 17.6 Å². The fourth-order valence-corrected chi connectivity index (χ4v) is 4.56. The van der Waals surface area contributed by atoms with Gasteiger partial charge in [0, 0.05) is 23.7 Å². The lowest BCUT2D eigenvalue weighted by Crippen LogP contribution is -2.35. The van der Waals surface area contributed by atoms with Crippen LogP contribution in [0.3, 0.4) is 0 Å². The van der Waals surface area contributed by atoms with Gasteiger partial charge in [-0.05, 0) is 49.2 Å². The number of halogens is 2. The van der Waals surface area contributed by atoms with Crippen LogP contribution in [0.5, 0.6) is 0 Å². The first-order valence-electron chi connectivity index (χ1n) is 8.24. The molecule has 0 aliphatic carbocycles. The fraction of sp³-hybridized carbons (Fsp3) is 0.278. The summed E-state index contributed by atoms with van der Waals surface area (Å²) in [5, 5.41) is 2.82. The third-order valence-corrected chi connectivity index (χ3v) is 6.36. The van der Waals surface area contributed by atoms with Gasteiger partial charge in [0.15, 0.2) is 0 Å². The summed E-state index contributed by atoms with van der Waals surface area (Å²) < 4.78 is 40.9. The van der Waals surface area contributed by atoms with Crippen molar-refractivity contribution >= 4 is 33.2 Å². The van der Waals surface area contributed by atoms with Crippen molar-refractivity contribution in [3.05, 3.63) is 58.9 Å². The second-order valence-corrected chi connectivity index (χ2v) is 8.45. The van der Waals surface area contributed by atoms with Crippen LogP contribution in [0.15, 0.2) is 47.4 Å². The van der Waals surface area contributed by atoms with E-state index in [1.54, 1.807) is 18.2 Å². The van der Waals surface area contributed by atoms with Crippen molar-refractivity contribution in [3.8, 4) is 0 Å². The molecule has 1 aliphatic heterocycles. The number of piperidine rings is 1. The maximum Gasteiger partial charge on any atom is 0.255 e. The van der Waals surface area contributed by atoms with E-state index in [4.69, 9.17) is 11.6 Å². The van der Waals surface area contributed by atoms with E-state index < -0.39 is 21.7 Å². The smallest absolute Gasteiger partial charge is 0.255 e. The molecular formula is C18H18ClFN2O3S. The third-order valence-electron chi connectivity index (χ3n) is 4.23. The molecule has 0 atom stereocenters. The van der Waals surface area contributed by atoms with E-state index in [2.05, 4.69) is 5.32 Å². The number of carbonyl (C=O) groups excluding carboxylic acids is 1. The molecule has 1 aliphatic rings. The Kier molecular flexibility index (Phi) is 5.60. The maximum atomic E-state index is 14.4. The summed E-state index contributed by atoms with van der Waals surface area (Å²) in [6.45, 7) is 0.883. The van der Waals surface area contributed by atoms with Gasteiger partial charge >= 0.3 is 0 Å². The topological polar surface area (TPSA) is 66.5 Å². The summed E-state index contributed by atoms with van der Waals surface area (Å²) in [4.78, 5) is 12.1. The van der Waals surface area contributed by atoms with Gasteiger partial charge in [0.05, 0.1) is 10.6 Å². The highest BCUT2D eigenvalue weighted by atomic mass is 35.5. The van der Waals surface area contributed by atoms with E-state index in [0.717, 1.165) is 25.3 Å². The van der Waals surface area contributed by atoms with E-state index in [-0.39, 0.29) is 16.1 Å². The number of rotatable bonds is 4. The number of hydrogen-bond acceptors (Lipinski definition) is 3. The number of amides is 1. The van der Waals surface area contributed by atoms with Gasteiger partial charge in [0.2, 0.25) is 10.0 Å². The lowest BCUT2D eigenvalue weighted by molar-refractivity contribution is 0.102. The number of hydrogen-bond donors (Lipinski definition) is 1. The number of nitrogens with zero attached hydrogens (tertiary/aromatic N) is 1. The first-order valence-corrected chi connectivity index (χ1v) is 10.1. The van der Waals surface area contributed by atoms with Crippen LogP contribution >= 0.6 is 11.6 Å². The summed E-state index contributed by atoms with van der Waals surface area (Å²) in [5.41, 5.74) is 0.189. The third kappa shape index (κ3) is 4.06. The molecule has 0 aromatic heterocycles. The zero-order chi connectivity index (χ0) is 18.7. The Balaban J connectivity index is 1.80. The molecule has 0 saturated carbocycles. The fourth-order valence-electron chi connectivity index (χ4n) is 2.84. The van der Waals surface area contributed by atoms with Crippen LogP contribution < -0.4 is 5.32 Å². The lowest BCUT2D eigenvalue weighted by Gasteiger charge is -2.26. The number of benzene rings is 2. The zero-order valence-corrected chi connectivity index (χ0v) is 15.5. The van der Waals surface area contributed by atoms with Gasteiger partial charge in [-0.1, -0.05) is 24.1 Å². The molecule has 1 amide bonds. The average molecular weight is 397 g/mol. The quantitative estimate of drug-likeness (QED) is 0.852. The Hall–Kier alpha value is -1.96.